The number of carbonyl (C=O) groups excluding carboxylic acids is 1. The van der Waals surface area contributed by atoms with Gasteiger partial charge in [0.1, 0.15) is 6.29 Å². The largest absolute Gasteiger partial charge is 0.389 e. The van der Waals surface area contributed by atoms with Crippen LogP contribution in [0.3, 0.4) is 0 Å². The van der Waals surface area contributed by atoms with Gasteiger partial charge in [-0.2, -0.15) is 0 Å². The van der Waals surface area contributed by atoms with Crippen molar-refractivity contribution in [3.63, 3.8) is 0 Å². The third-order valence-corrected chi connectivity index (χ3v) is 2.53. The Morgan fingerprint density at radius 1 is 1.75 bits per heavy atom. The molecule has 0 radical (unpaired) electrons. The van der Waals surface area contributed by atoms with Crippen molar-refractivity contribution in [3.05, 3.63) is 22.4 Å². The fraction of sp³-hybridized carbons (Fsp3) is 0.444. The summed E-state index contributed by atoms with van der Waals surface area (Å²) in [7, 11) is 0. The van der Waals surface area contributed by atoms with Crippen LogP contribution in [0, 0.1) is 0 Å². The summed E-state index contributed by atoms with van der Waals surface area (Å²) in [6.45, 7) is 1.68. The Balaban J connectivity index is 2.55. The second kappa shape index (κ2) is 3.83. The summed E-state index contributed by atoms with van der Waals surface area (Å²) in [6.07, 6.45) is 1.52. The standard InChI is InChI=1S/C9H12O2S/c1-9(11,4-5-10)7-8-3-2-6-12-8/h2-3,5-6,11H,4,7H2,1H3. The van der Waals surface area contributed by atoms with E-state index in [4.69, 9.17) is 0 Å². The van der Waals surface area contributed by atoms with E-state index in [1.54, 1.807) is 18.3 Å². The minimum Gasteiger partial charge on any atom is -0.389 e. The average Bonchev–Trinajstić information content (AvgIpc) is 2.38. The molecule has 0 aliphatic rings. The van der Waals surface area contributed by atoms with Crippen LogP contribution in [0.1, 0.15) is 18.2 Å². The van der Waals surface area contributed by atoms with Crippen LogP contribution < -0.4 is 0 Å². The van der Waals surface area contributed by atoms with E-state index in [1.807, 2.05) is 17.5 Å². The van der Waals surface area contributed by atoms with Crippen molar-refractivity contribution in [2.24, 2.45) is 0 Å². The lowest BCUT2D eigenvalue weighted by atomic mass is 9.98. The fourth-order valence-corrected chi connectivity index (χ4v) is 1.92. The second-order valence-electron chi connectivity index (χ2n) is 3.12. The molecule has 0 aromatic carbocycles. The van der Waals surface area contributed by atoms with Crippen molar-refractivity contribution >= 4 is 17.6 Å². The summed E-state index contributed by atoms with van der Waals surface area (Å²) in [4.78, 5) is 11.3. The quantitative estimate of drug-likeness (QED) is 0.722. The maximum Gasteiger partial charge on any atom is 0.122 e. The van der Waals surface area contributed by atoms with Gasteiger partial charge in [-0.3, -0.25) is 0 Å². The van der Waals surface area contributed by atoms with Crippen molar-refractivity contribution < 1.29 is 9.90 Å². The number of aldehydes is 1. The molecule has 3 heteroatoms. The highest BCUT2D eigenvalue weighted by molar-refractivity contribution is 7.09. The van der Waals surface area contributed by atoms with E-state index in [2.05, 4.69) is 0 Å². The van der Waals surface area contributed by atoms with Gasteiger partial charge in [-0.05, 0) is 18.4 Å². The van der Waals surface area contributed by atoms with Crippen molar-refractivity contribution in [2.45, 2.75) is 25.4 Å². The van der Waals surface area contributed by atoms with Crippen LogP contribution in [-0.4, -0.2) is 17.0 Å². The van der Waals surface area contributed by atoms with E-state index in [0.29, 0.717) is 6.42 Å². The Hall–Kier alpha value is -0.670. The lowest BCUT2D eigenvalue weighted by Crippen LogP contribution is -2.26. The van der Waals surface area contributed by atoms with Crippen molar-refractivity contribution in [3.8, 4) is 0 Å². The maximum absolute atomic E-state index is 10.2. The SMILES string of the molecule is CC(O)(CC=O)Cc1cccs1. The van der Waals surface area contributed by atoms with Gasteiger partial charge >= 0.3 is 0 Å². The van der Waals surface area contributed by atoms with Crippen LogP contribution in [-0.2, 0) is 11.2 Å². The molecular formula is C9H12O2S. The number of carbonyl (C=O) groups is 1. The Bertz CT molecular complexity index is 239. The van der Waals surface area contributed by atoms with E-state index < -0.39 is 5.60 Å². The Kier molecular flexibility index (Phi) is 3.00. The molecule has 0 amide bonds. The topological polar surface area (TPSA) is 37.3 Å². The second-order valence-corrected chi connectivity index (χ2v) is 4.16. The predicted molar refractivity (Wildman–Crippen MR) is 49.3 cm³/mol. The smallest absolute Gasteiger partial charge is 0.122 e. The predicted octanol–water partition coefficient (Wildman–Crippen LogP) is 1.63. The molecule has 1 aromatic heterocycles. The minimum atomic E-state index is -0.882. The normalized spacial score (nSPS) is 15.5. The monoisotopic (exact) mass is 184 g/mol. The molecule has 0 aliphatic carbocycles. The van der Waals surface area contributed by atoms with E-state index >= 15 is 0 Å². The molecule has 1 heterocycles. The molecule has 1 unspecified atom stereocenters. The Morgan fingerprint density at radius 2 is 2.50 bits per heavy atom. The Labute approximate surface area is 75.9 Å². The van der Waals surface area contributed by atoms with Gasteiger partial charge in [-0.15, -0.1) is 11.3 Å². The van der Waals surface area contributed by atoms with E-state index in [-0.39, 0.29) is 6.42 Å². The highest BCUT2D eigenvalue weighted by atomic mass is 32.1. The number of thiophene rings is 1. The summed E-state index contributed by atoms with van der Waals surface area (Å²) < 4.78 is 0. The summed E-state index contributed by atoms with van der Waals surface area (Å²) >= 11 is 1.60. The zero-order chi connectivity index (χ0) is 9.03. The first kappa shape index (κ1) is 9.42. The third kappa shape index (κ3) is 2.75. The molecule has 2 nitrogen and oxygen atoms in total. The lowest BCUT2D eigenvalue weighted by molar-refractivity contribution is -0.111. The first-order valence-electron chi connectivity index (χ1n) is 3.82. The molecule has 0 saturated carbocycles. The number of rotatable bonds is 4. The van der Waals surface area contributed by atoms with E-state index in [0.717, 1.165) is 11.2 Å². The molecule has 66 valence electrons. The third-order valence-electron chi connectivity index (χ3n) is 1.66. The van der Waals surface area contributed by atoms with Gasteiger partial charge in [0, 0.05) is 17.7 Å². The molecule has 0 spiro atoms. The lowest BCUT2D eigenvalue weighted by Gasteiger charge is -2.18. The van der Waals surface area contributed by atoms with Gasteiger partial charge in [0.2, 0.25) is 0 Å². The minimum absolute atomic E-state index is 0.199. The average molecular weight is 184 g/mol. The molecule has 1 rings (SSSR count). The van der Waals surface area contributed by atoms with Gasteiger partial charge in [0.25, 0.3) is 0 Å². The molecule has 0 aliphatic heterocycles. The first-order chi connectivity index (χ1) is 5.64. The van der Waals surface area contributed by atoms with Crippen LogP contribution in [0.4, 0.5) is 0 Å². The Morgan fingerprint density at radius 3 is 3.00 bits per heavy atom. The summed E-state index contributed by atoms with van der Waals surface area (Å²) in [5.41, 5.74) is -0.882. The van der Waals surface area contributed by atoms with E-state index in [9.17, 15) is 9.90 Å². The molecule has 1 N–H and O–H groups in total. The summed E-state index contributed by atoms with van der Waals surface area (Å²) in [5.74, 6) is 0. The zero-order valence-corrected chi connectivity index (χ0v) is 7.80. The van der Waals surface area contributed by atoms with Crippen molar-refractivity contribution in [1.82, 2.24) is 0 Å². The van der Waals surface area contributed by atoms with Gasteiger partial charge in [0.05, 0.1) is 5.60 Å². The fourth-order valence-electron chi connectivity index (χ4n) is 1.04. The molecule has 1 atom stereocenters. The van der Waals surface area contributed by atoms with Crippen LogP contribution in [0.15, 0.2) is 17.5 Å². The maximum atomic E-state index is 10.2. The molecule has 12 heavy (non-hydrogen) atoms. The molecule has 1 aromatic rings. The van der Waals surface area contributed by atoms with E-state index in [1.165, 1.54) is 0 Å². The number of aliphatic hydroxyl groups is 1. The van der Waals surface area contributed by atoms with Gasteiger partial charge in [0.15, 0.2) is 0 Å². The molecule has 0 saturated heterocycles. The number of hydrogen-bond donors (Lipinski definition) is 1. The zero-order valence-electron chi connectivity index (χ0n) is 6.99. The van der Waals surface area contributed by atoms with Crippen LogP contribution >= 0.6 is 11.3 Å². The molecule has 0 bridgehead atoms. The van der Waals surface area contributed by atoms with Gasteiger partial charge < -0.3 is 9.90 Å². The number of hydrogen-bond acceptors (Lipinski definition) is 3. The molecular weight excluding hydrogens is 172 g/mol. The molecule has 0 fully saturated rings. The van der Waals surface area contributed by atoms with Crippen LogP contribution in [0.25, 0.3) is 0 Å². The summed E-state index contributed by atoms with van der Waals surface area (Å²) in [6, 6.07) is 3.90. The van der Waals surface area contributed by atoms with Crippen LogP contribution in [0.5, 0.6) is 0 Å². The first-order valence-corrected chi connectivity index (χ1v) is 4.70. The van der Waals surface area contributed by atoms with Crippen molar-refractivity contribution in [2.75, 3.05) is 0 Å². The van der Waals surface area contributed by atoms with Gasteiger partial charge in [-0.25, -0.2) is 0 Å². The van der Waals surface area contributed by atoms with Crippen molar-refractivity contribution in [1.29, 1.82) is 0 Å². The van der Waals surface area contributed by atoms with Gasteiger partial charge in [-0.1, -0.05) is 6.07 Å². The highest BCUT2D eigenvalue weighted by Gasteiger charge is 2.20. The van der Waals surface area contributed by atoms with Crippen LogP contribution in [0.2, 0.25) is 0 Å². The summed E-state index contributed by atoms with van der Waals surface area (Å²) in [5, 5.41) is 11.6. The highest BCUT2D eigenvalue weighted by Crippen LogP contribution is 2.19.